The lowest BCUT2D eigenvalue weighted by molar-refractivity contribution is 0.391. The highest BCUT2D eigenvalue weighted by atomic mass is 16.5. The van der Waals surface area contributed by atoms with Gasteiger partial charge in [-0.3, -0.25) is 0 Å². The Hall–Kier alpha value is -1.81. The van der Waals surface area contributed by atoms with E-state index in [4.69, 9.17) is 4.52 Å². The van der Waals surface area contributed by atoms with Gasteiger partial charge in [-0.15, -0.1) is 0 Å². The molecule has 18 heavy (non-hydrogen) atoms. The average molecular weight is 246 g/mol. The number of hydrogen-bond donors (Lipinski definition) is 2. The van der Waals surface area contributed by atoms with Crippen LogP contribution in [0.15, 0.2) is 22.7 Å². The molecule has 0 atom stereocenters. The number of nitrogens with one attached hydrogen (secondary N) is 1. The molecule has 96 valence electrons. The number of nitrogens with zero attached hydrogens (tertiary/aromatic N) is 1. The van der Waals surface area contributed by atoms with Crippen molar-refractivity contribution in [3.63, 3.8) is 0 Å². The van der Waals surface area contributed by atoms with E-state index < -0.39 is 0 Å². The Bertz CT molecular complexity index is 527. The summed E-state index contributed by atoms with van der Waals surface area (Å²) in [6.45, 7) is 7.04. The number of phenolic OH excluding ortho intramolecular Hbond substituents is 1. The molecule has 0 aliphatic carbocycles. The molecular weight excluding hydrogens is 228 g/mol. The van der Waals surface area contributed by atoms with Crippen molar-refractivity contribution in [2.45, 2.75) is 33.9 Å². The Kier molecular flexibility index (Phi) is 3.67. The zero-order chi connectivity index (χ0) is 13.1. The number of hydrogen-bond acceptors (Lipinski definition) is 4. The molecule has 2 N–H and O–H groups in total. The molecule has 1 aromatic carbocycles. The molecule has 0 radical (unpaired) electrons. The van der Waals surface area contributed by atoms with E-state index in [2.05, 4.69) is 10.5 Å². The highest BCUT2D eigenvalue weighted by Crippen LogP contribution is 2.21. The number of aromatic hydroxyl groups is 1. The second-order valence-corrected chi connectivity index (χ2v) is 4.49. The van der Waals surface area contributed by atoms with Gasteiger partial charge in [0, 0.05) is 24.2 Å². The van der Waals surface area contributed by atoms with Crippen molar-refractivity contribution < 1.29 is 9.63 Å². The number of aryl methyl sites for hydroxylation is 3. The van der Waals surface area contributed by atoms with Crippen molar-refractivity contribution in [2.75, 3.05) is 0 Å². The summed E-state index contributed by atoms with van der Waals surface area (Å²) < 4.78 is 5.10. The van der Waals surface area contributed by atoms with E-state index >= 15 is 0 Å². The van der Waals surface area contributed by atoms with Gasteiger partial charge in [0.2, 0.25) is 0 Å². The van der Waals surface area contributed by atoms with Crippen molar-refractivity contribution in [1.29, 1.82) is 0 Å². The van der Waals surface area contributed by atoms with Gasteiger partial charge in [-0.05, 0) is 26.3 Å². The molecule has 0 aliphatic rings. The van der Waals surface area contributed by atoms with Crippen molar-refractivity contribution in [1.82, 2.24) is 10.5 Å². The van der Waals surface area contributed by atoms with E-state index in [1.807, 2.05) is 39.0 Å². The number of rotatable bonds is 4. The molecule has 2 rings (SSSR count). The standard InChI is InChI=1S/C14H18N2O2/c1-9-5-4-6-12(14(9)17)7-15-8-13-10(2)16-18-11(13)3/h4-6,15,17H,7-8H2,1-3H3. The Labute approximate surface area is 107 Å². The molecule has 0 unspecified atom stereocenters. The summed E-state index contributed by atoms with van der Waals surface area (Å²) in [6, 6.07) is 5.76. The molecule has 4 nitrogen and oxygen atoms in total. The summed E-state index contributed by atoms with van der Waals surface area (Å²) in [5.74, 6) is 1.21. The second-order valence-electron chi connectivity index (χ2n) is 4.49. The fourth-order valence-electron chi connectivity index (χ4n) is 1.94. The first-order valence-corrected chi connectivity index (χ1v) is 5.99. The second kappa shape index (κ2) is 5.23. The van der Waals surface area contributed by atoms with Gasteiger partial charge in [0.15, 0.2) is 0 Å². The van der Waals surface area contributed by atoms with E-state index in [0.717, 1.165) is 28.1 Å². The predicted octanol–water partition coefficient (Wildman–Crippen LogP) is 2.60. The van der Waals surface area contributed by atoms with Crippen LogP contribution >= 0.6 is 0 Å². The molecule has 0 bridgehead atoms. The SMILES string of the molecule is Cc1cccc(CNCc2c(C)noc2C)c1O. The summed E-state index contributed by atoms with van der Waals surface area (Å²) in [5, 5.41) is 17.1. The number of para-hydroxylation sites is 1. The Balaban J connectivity index is 1.99. The van der Waals surface area contributed by atoms with E-state index in [1.54, 1.807) is 0 Å². The molecule has 0 spiro atoms. The Morgan fingerprint density at radius 1 is 1.22 bits per heavy atom. The van der Waals surface area contributed by atoms with Gasteiger partial charge in [-0.1, -0.05) is 23.4 Å². The Morgan fingerprint density at radius 2 is 2.00 bits per heavy atom. The molecule has 0 fully saturated rings. The number of benzene rings is 1. The first-order chi connectivity index (χ1) is 8.59. The molecule has 0 saturated heterocycles. The number of phenols is 1. The van der Waals surface area contributed by atoms with Crippen LogP contribution in [0.1, 0.15) is 28.1 Å². The van der Waals surface area contributed by atoms with Crippen molar-refractivity contribution in [3.05, 3.63) is 46.3 Å². The van der Waals surface area contributed by atoms with Gasteiger partial charge >= 0.3 is 0 Å². The third-order valence-corrected chi connectivity index (χ3v) is 3.12. The van der Waals surface area contributed by atoms with Gasteiger partial charge in [0.1, 0.15) is 11.5 Å². The highest BCUT2D eigenvalue weighted by Gasteiger charge is 2.09. The summed E-state index contributed by atoms with van der Waals surface area (Å²) >= 11 is 0. The quantitative estimate of drug-likeness (QED) is 0.870. The fourth-order valence-corrected chi connectivity index (χ4v) is 1.94. The normalized spacial score (nSPS) is 10.8. The lowest BCUT2D eigenvalue weighted by atomic mass is 10.1. The first-order valence-electron chi connectivity index (χ1n) is 5.99. The van der Waals surface area contributed by atoms with Crippen LogP contribution in [0.2, 0.25) is 0 Å². The van der Waals surface area contributed by atoms with Crippen LogP contribution in [-0.4, -0.2) is 10.3 Å². The van der Waals surface area contributed by atoms with Gasteiger partial charge in [0.25, 0.3) is 0 Å². The molecule has 0 aliphatic heterocycles. The van der Waals surface area contributed by atoms with Crippen LogP contribution in [0.4, 0.5) is 0 Å². The summed E-state index contributed by atoms with van der Waals surface area (Å²) in [4.78, 5) is 0. The zero-order valence-electron chi connectivity index (χ0n) is 10.9. The van der Waals surface area contributed by atoms with E-state index in [9.17, 15) is 5.11 Å². The van der Waals surface area contributed by atoms with Gasteiger partial charge < -0.3 is 14.9 Å². The maximum atomic E-state index is 9.89. The molecule has 1 heterocycles. The summed E-state index contributed by atoms with van der Waals surface area (Å²) in [5.41, 5.74) is 3.80. The fraction of sp³-hybridized carbons (Fsp3) is 0.357. The minimum Gasteiger partial charge on any atom is -0.507 e. The van der Waals surface area contributed by atoms with Crippen LogP contribution in [0.5, 0.6) is 5.75 Å². The molecule has 2 aromatic rings. The first kappa shape index (κ1) is 12.6. The zero-order valence-corrected chi connectivity index (χ0v) is 10.9. The van der Waals surface area contributed by atoms with E-state index in [1.165, 1.54) is 0 Å². The molecule has 0 amide bonds. The van der Waals surface area contributed by atoms with Gasteiger partial charge in [-0.2, -0.15) is 0 Å². The molecule has 4 heteroatoms. The van der Waals surface area contributed by atoms with Crippen LogP contribution in [-0.2, 0) is 13.1 Å². The van der Waals surface area contributed by atoms with Gasteiger partial charge in [-0.25, -0.2) is 0 Å². The topological polar surface area (TPSA) is 58.3 Å². The lowest BCUT2D eigenvalue weighted by Gasteiger charge is -2.08. The minimum absolute atomic E-state index is 0.365. The third-order valence-electron chi connectivity index (χ3n) is 3.12. The van der Waals surface area contributed by atoms with Crippen molar-refractivity contribution in [3.8, 4) is 5.75 Å². The average Bonchev–Trinajstić information content (AvgIpc) is 2.66. The van der Waals surface area contributed by atoms with Gasteiger partial charge in [0.05, 0.1) is 5.69 Å². The minimum atomic E-state index is 0.365. The van der Waals surface area contributed by atoms with Crippen LogP contribution in [0.3, 0.4) is 0 Å². The summed E-state index contributed by atoms with van der Waals surface area (Å²) in [7, 11) is 0. The molecule has 0 saturated carbocycles. The van der Waals surface area contributed by atoms with Crippen LogP contribution < -0.4 is 5.32 Å². The predicted molar refractivity (Wildman–Crippen MR) is 69.4 cm³/mol. The Morgan fingerprint density at radius 3 is 2.67 bits per heavy atom. The van der Waals surface area contributed by atoms with E-state index in [0.29, 0.717) is 18.8 Å². The van der Waals surface area contributed by atoms with Crippen molar-refractivity contribution in [2.24, 2.45) is 0 Å². The highest BCUT2D eigenvalue weighted by molar-refractivity contribution is 5.39. The largest absolute Gasteiger partial charge is 0.507 e. The maximum absolute atomic E-state index is 9.89. The van der Waals surface area contributed by atoms with E-state index in [-0.39, 0.29) is 0 Å². The van der Waals surface area contributed by atoms with Crippen molar-refractivity contribution >= 4 is 0 Å². The molecule has 1 aromatic heterocycles. The smallest absolute Gasteiger partial charge is 0.138 e. The lowest BCUT2D eigenvalue weighted by Crippen LogP contribution is -2.13. The summed E-state index contributed by atoms with van der Waals surface area (Å²) in [6.07, 6.45) is 0. The maximum Gasteiger partial charge on any atom is 0.138 e. The van der Waals surface area contributed by atoms with Crippen LogP contribution in [0, 0.1) is 20.8 Å². The number of aromatic nitrogens is 1. The van der Waals surface area contributed by atoms with Crippen LogP contribution in [0.25, 0.3) is 0 Å². The monoisotopic (exact) mass is 246 g/mol. The molecular formula is C14H18N2O2. The third kappa shape index (κ3) is 2.54.